The molecule has 0 bridgehead atoms. The van der Waals surface area contributed by atoms with Crippen LogP contribution >= 0.6 is 27.3 Å². The third-order valence-electron chi connectivity index (χ3n) is 6.22. The summed E-state index contributed by atoms with van der Waals surface area (Å²) in [5.41, 5.74) is 2.13. The molecule has 2 aromatic heterocycles. The fourth-order valence-corrected chi connectivity index (χ4v) is 5.62. The number of ether oxygens (including phenoxy) is 1. The van der Waals surface area contributed by atoms with Gasteiger partial charge in [-0.3, -0.25) is 14.5 Å². The summed E-state index contributed by atoms with van der Waals surface area (Å²) in [6, 6.07) is 21.7. The van der Waals surface area contributed by atoms with Gasteiger partial charge in [0.15, 0.2) is 5.43 Å². The molecule has 1 unspecified atom stereocenters. The van der Waals surface area contributed by atoms with Gasteiger partial charge >= 0.3 is 0 Å². The van der Waals surface area contributed by atoms with E-state index < -0.39 is 11.9 Å². The first-order chi connectivity index (χ1) is 18.0. The van der Waals surface area contributed by atoms with E-state index in [0.717, 1.165) is 15.0 Å². The maximum atomic E-state index is 13.8. The van der Waals surface area contributed by atoms with Crippen molar-refractivity contribution in [2.45, 2.75) is 26.0 Å². The Balaban J connectivity index is 1.49. The van der Waals surface area contributed by atoms with Crippen LogP contribution in [0.25, 0.3) is 11.0 Å². The predicted octanol–water partition coefficient (Wildman–Crippen LogP) is 6.30. The number of halogens is 1. The maximum absolute atomic E-state index is 13.8. The summed E-state index contributed by atoms with van der Waals surface area (Å²) in [6.07, 6.45) is 0.690. The van der Waals surface area contributed by atoms with Gasteiger partial charge in [-0.25, -0.2) is 0 Å². The molecule has 0 spiro atoms. The quantitative estimate of drug-likeness (QED) is 0.237. The minimum atomic E-state index is -0.736. The SMILES string of the molecule is CCc1nnc(N2C(=O)c3oc4ccc(Br)cc4c(=O)c3C2c2cccc(OCc3ccccc3)c2)s1. The molecule has 184 valence electrons. The number of anilines is 1. The van der Waals surface area contributed by atoms with E-state index in [1.807, 2.05) is 61.5 Å². The number of carbonyl (C=O) groups excluding carboxylic acids is 1. The van der Waals surface area contributed by atoms with Gasteiger partial charge in [0.2, 0.25) is 10.9 Å². The second-order valence-corrected chi connectivity index (χ2v) is 10.5. The maximum Gasteiger partial charge on any atom is 0.297 e. The number of benzene rings is 3. The Kier molecular flexibility index (Phi) is 6.10. The molecule has 3 heterocycles. The molecular formula is C28H20BrN3O4S. The second-order valence-electron chi connectivity index (χ2n) is 8.57. The lowest BCUT2D eigenvalue weighted by atomic mass is 9.98. The summed E-state index contributed by atoms with van der Waals surface area (Å²) in [4.78, 5) is 29.1. The van der Waals surface area contributed by atoms with Crippen molar-refractivity contribution >= 4 is 49.3 Å². The number of aromatic nitrogens is 2. The Morgan fingerprint density at radius 2 is 1.86 bits per heavy atom. The second kappa shape index (κ2) is 9.57. The van der Waals surface area contributed by atoms with Crippen molar-refractivity contribution < 1.29 is 13.9 Å². The zero-order chi connectivity index (χ0) is 25.5. The lowest BCUT2D eigenvalue weighted by molar-refractivity contribution is 0.0970. The molecule has 1 aliphatic rings. The molecule has 6 rings (SSSR count). The molecule has 37 heavy (non-hydrogen) atoms. The number of nitrogens with zero attached hydrogens (tertiary/aromatic N) is 3. The van der Waals surface area contributed by atoms with Gasteiger partial charge in [0.1, 0.15) is 22.9 Å². The third kappa shape index (κ3) is 4.24. The Bertz CT molecular complexity index is 1700. The highest BCUT2D eigenvalue weighted by atomic mass is 79.9. The highest BCUT2D eigenvalue weighted by Crippen LogP contribution is 2.43. The van der Waals surface area contributed by atoms with Gasteiger partial charge in [-0.1, -0.05) is 76.7 Å². The third-order valence-corrected chi connectivity index (χ3v) is 7.78. The molecule has 0 saturated heterocycles. The van der Waals surface area contributed by atoms with E-state index >= 15 is 0 Å². The molecule has 3 aromatic carbocycles. The van der Waals surface area contributed by atoms with E-state index in [-0.39, 0.29) is 16.8 Å². The average Bonchev–Trinajstić information content (AvgIpc) is 3.51. The van der Waals surface area contributed by atoms with Crippen molar-refractivity contribution in [3.63, 3.8) is 0 Å². The Labute approximate surface area is 224 Å². The van der Waals surface area contributed by atoms with E-state index in [0.29, 0.717) is 40.4 Å². The van der Waals surface area contributed by atoms with Crippen molar-refractivity contribution in [2.75, 3.05) is 4.90 Å². The van der Waals surface area contributed by atoms with Crippen molar-refractivity contribution in [3.8, 4) is 5.75 Å². The minimum Gasteiger partial charge on any atom is -0.489 e. The lowest BCUT2D eigenvalue weighted by Crippen LogP contribution is -2.29. The van der Waals surface area contributed by atoms with Gasteiger partial charge in [-0.15, -0.1) is 10.2 Å². The minimum absolute atomic E-state index is 0.0219. The van der Waals surface area contributed by atoms with Crippen molar-refractivity contribution in [1.29, 1.82) is 0 Å². The number of carbonyl (C=O) groups is 1. The van der Waals surface area contributed by atoms with Crippen molar-refractivity contribution in [1.82, 2.24) is 10.2 Å². The molecule has 0 aliphatic carbocycles. The van der Waals surface area contributed by atoms with Gasteiger partial charge in [-0.05, 0) is 47.9 Å². The zero-order valence-corrected chi connectivity index (χ0v) is 22.1. The van der Waals surface area contributed by atoms with Crippen LogP contribution in [0.5, 0.6) is 5.75 Å². The molecule has 9 heteroatoms. The summed E-state index contributed by atoms with van der Waals surface area (Å²) in [7, 11) is 0. The lowest BCUT2D eigenvalue weighted by Gasteiger charge is -2.22. The van der Waals surface area contributed by atoms with Gasteiger partial charge < -0.3 is 9.15 Å². The normalized spacial score (nSPS) is 14.8. The molecule has 7 nitrogen and oxygen atoms in total. The Morgan fingerprint density at radius 1 is 1.03 bits per heavy atom. The number of amides is 1. The number of hydrogen-bond acceptors (Lipinski definition) is 7. The summed E-state index contributed by atoms with van der Waals surface area (Å²) >= 11 is 4.76. The monoisotopic (exact) mass is 573 g/mol. The number of aryl methyl sites for hydroxylation is 1. The smallest absolute Gasteiger partial charge is 0.297 e. The first-order valence-corrected chi connectivity index (χ1v) is 13.3. The van der Waals surface area contributed by atoms with Crippen LogP contribution in [-0.2, 0) is 13.0 Å². The standard InChI is InChI=1S/C28H20BrN3O4S/c1-2-22-30-31-28(37-22)32-24(17-9-6-10-19(13-17)35-15-16-7-4-3-5-8-16)23-25(33)20-14-18(29)11-12-21(20)36-26(23)27(32)34/h3-14,24H,2,15H2,1H3. The predicted molar refractivity (Wildman–Crippen MR) is 145 cm³/mol. The average molecular weight is 574 g/mol. The number of rotatable bonds is 6. The van der Waals surface area contributed by atoms with E-state index in [1.165, 1.54) is 16.2 Å². The zero-order valence-electron chi connectivity index (χ0n) is 19.7. The van der Waals surface area contributed by atoms with Gasteiger partial charge in [0.25, 0.3) is 5.91 Å². The fraction of sp³-hybridized carbons (Fsp3) is 0.143. The summed E-state index contributed by atoms with van der Waals surface area (Å²) in [6.45, 7) is 2.37. The molecule has 1 atom stereocenters. The topological polar surface area (TPSA) is 85.5 Å². The van der Waals surface area contributed by atoms with Gasteiger partial charge in [-0.2, -0.15) is 0 Å². The molecule has 0 N–H and O–H groups in total. The molecule has 1 amide bonds. The molecular weight excluding hydrogens is 554 g/mol. The number of fused-ring (bicyclic) bond motifs is 2. The van der Waals surface area contributed by atoms with Gasteiger partial charge in [0, 0.05) is 4.47 Å². The van der Waals surface area contributed by atoms with Crippen LogP contribution < -0.4 is 15.1 Å². The van der Waals surface area contributed by atoms with Gasteiger partial charge in [0.05, 0.1) is 17.0 Å². The molecule has 5 aromatic rings. The van der Waals surface area contributed by atoms with Crippen LogP contribution in [0.4, 0.5) is 5.13 Å². The van der Waals surface area contributed by atoms with Crippen molar-refractivity contribution in [2.24, 2.45) is 0 Å². The van der Waals surface area contributed by atoms with E-state index in [1.54, 1.807) is 18.2 Å². The van der Waals surface area contributed by atoms with Crippen LogP contribution in [0, 0.1) is 0 Å². The molecule has 1 aliphatic heterocycles. The Hall–Kier alpha value is -3.82. The van der Waals surface area contributed by atoms with E-state index in [4.69, 9.17) is 9.15 Å². The van der Waals surface area contributed by atoms with Crippen LogP contribution in [0.1, 0.15) is 45.2 Å². The van der Waals surface area contributed by atoms with Crippen LogP contribution in [0.2, 0.25) is 0 Å². The van der Waals surface area contributed by atoms with E-state index in [2.05, 4.69) is 26.1 Å². The number of hydrogen-bond donors (Lipinski definition) is 0. The van der Waals surface area contributed by atoms with E-state index in [9.17, 15) is 9.59 Å². The Morgan fingerprint density at radius 3 is 2.65 bits per heavy atom. The summed E-state index contributed by atoms with van der Waals surface area (Å²) in [5.74, 6) is 0.228. The molecule has 0 saturated carbocycles. The van der Waals surface area contributed by atoms with Crippen LogP contribution in [0.3, 0.4) is 0 Å². The van der Waals surface area contributed by atoms with Crippen LogP contribution in [0.15, 0.2) is 86.5 Å². The highest BCUT2D eigenvalue weighted by molar-refractivity contribution is 9.10. The largest absolute Gasteiger partial charge is 0.489 e. The molecule has 0 fully saturated rings. The highest BCUT2D eigenvalue weighted by Gasteiger charge is 2.45. The summed E-state index contributed by atoms with van der Waals surface area (Å²) < 4.78 is 12.8. The first-order valence-electron chi connectivity index (χ1n) is 11.7. The summed E-state index contributed by atoms with van der Waals surface area (Å²) in [5, 5.41) is 10.1. The molecule has 0 radical (unpaired) electrons. The van der Waals surface area contributed by atoms with Crippen LogP contribution in [-0.4, -0.2) is 16.1 Å². The van der Waals surface area contributed by atoms with Crippen molar-refractivity contribution in [3.05, 3.63) is 115 Å². The fourth-order valence-electron chi connectivity index (χ4n) is 4.46. The first kappa shape index (κ1) is 23.6.